The number of hydrogen-bond donors (Lipinski definition) is 1. The number of nitrogens with zero attached hydrogens (tertiary/aromatic N) is 3. The molecule has 1 saturated heterocycles. The van der Waals surface area contributed by atoms with Gasteiger partial charge in [-0.2, -0.15) is 0 Å². The van der Waals surface area contributed by atoms with Crippen molar-refractivity contribution in [3.8, 4) is 0 Å². The van der Waals surface area contributed by atoms with Gasteiger partial charge in [-0.05, 0) is 0 Å². The zero-order valence-electron chi connectivity index (χ0n) is 10.1. The van der Waals surface area contributed by atoms with Crippen LogP contribution >= 0.6 is 0 Å². The van der Waals surface area contributed by atoms with Crippen molar-refractivity contribution in [2.45, 2.75) is 30.7 Å². The molecule has 5 heteroatoms. The second-order valence-corrected chi connectivity index (χ2v) is 6.88. The van der Waals surface area contributed by atoms with Crippen LogP contribution in [0.5, 0.6) is 0 Å². The number of nitrogens with two attached hydrogens (primary N) is 1. The molecule has 1 atom stereocenters. The van der Waals surface area contributed by atoms with Crippen LogP contribution in [-0.2, 0) is 0 Å². The van der Waals surface area contributed by atoms with E-state index in [9.17, 15) is 0 Å². The van der Waals surface area contributed by atoms with Gasteiger partial charge in [0.25, 0.3) is 0 Å². The van der Waals surface area contributed by atoms with Crippen molar-refractivity contribution >= 4 is 27.5 Å². The van der Waals surface area contributed by atoms with Crippen molar-refractivity contribution in [2.75, 3.05) is 23.7 Å². The fourth-order valence-corrected chi connectivity index (χ4v) is 3.63. The molecule has 1 fully saturated rings. The van der Waals surface area contributed by atoms with Gasteiger partial charge in [-0.25, -0.2) is 0 Å². The zero-order chi connectivity index (χ0) is 11.7. The van der Waals surface area contributed by atoms with E-state index in [4.69, 9.17) is 5.73 Å². The quantitative estimate of drug-likeness (QED) is 0.833. The van der Waals surface area contributed by atoms with Gasteiger partial charge in [0.2, 0.25) is 0 Å². The first-order valence-electron chi connectivity index (χ1n) is 5.56. The Bertz CT molecular complexity index is 394. The van der Waals surface area contributed by atoms with E-state index in [-0.39, 0.29) is 0 Å². The molecule has 0 bridgehead atoms. The van der Waals surface area contributed by atoms with Gasteiger partial charge in [-0.1, -0.05) is 0 Å². The van der Waals surface area contributed by atoms with Crippen LogP contribution in [0.4, 0.5) is 11.8 Å². The van der Waals surface area contributed by atoms with Crippen molar-refractivity contribution in [2.24, 2.45) is 0 Å². The topological polar surface area (TPSA) is 55.0 Å². The monoisotopic (exact) mass is 281 g/mol. The molecule has 0 saturated carbocycles. The van der Waals surface area contributed by atoms with E-state index in [0.717, 1.165) is 29.3 Å². The average Bonchev–Trinajstić information content (AvgIpc) is 2.71. The summed E-state index contributed by atoms with van der Waals surface area (Å²) in [5, 5.41) is 0. The summed E-state index contributed by atoms with van der Waals surface area (Å²) < 4.78 is 0.896. The molecule has 87 valence electrons. The van der Waals surface area contributed by atoms with Crippen LogP contribution in [0.25, 0.3) is 0 Å². The van der Waals surface area contributed by atoms with Gasteiger partial charge >= 0.3 is 103 Å². The summed E-state index contributed by atoms with van der Waals surface area (Å²) in [4.78, 5) is 10.9. The Morgan fingerprint density at radius 1 is 1.38 bits per heavy atom. The molecule has 0 amide bonds. The molecule has 1 unspecified atom stereocenters. The second-order valence-electron chi connectivity index (χ2n) is 4.26. The maximum atomic E-state index is 5.72. The number of anilines is 2. The van der Waals surface area contributed by atoms with E-state index in [0.29, 0.717) is 21.7 Å². The summed E-state index contributed by atoms with van der Waals surface area (Å²) in [5.74, 6) is 1.44. The van der Waals surface area contributed by atoms with E-state index in [1.165, 1.54) is 12.0 Å². The van der Waals surface area contributed by atoms with Crippen molar-refractivity contribution in [3.63, 3.8) is 0 Å². The third kappa shape index (κ3) is 2.17. The first-order chi connectivity index (χ1) is 7.61. The first kappa shape index (κ1) is 11.7. The number of hydrogen-bond acceptors (Lipinski definition) is 4. The second kappa shape index (κ2) is 4.62. The molecule has 1 aliphatic heterocycles. The number of aromatic nitrogens is 2. The summed E-state index contributed by atoms with van der Waals surface area (Å²) in [6.45, 7) is 6.34. The number of nitrogen functional groups attached to an aromatic ring is 1. The van der Waals surface area contributed by atoms with Crippen LogP contribution in [0.15, 0.2) is 0 Å². The van der Waals surface area contributed by atoms with Gasteiger partial charge in [0.1, 0.15) is 0 Å². The Morgan fingerprint density at radius 3 is 2.75 bits per heavy atom. The maximum absolute atomic E-state index is 5.72. The molecular weight excluding hydrogens is 263 g/mol. The summed E-state index contributed by atoms with van der Waals surface area (Å²) in [5.41, 5.74) is 10.2. The summed E-state index contributed by atoms with van der Waals surface area (Å²) in [7, 11) is 0. The molecule has 0 spiro atoms. The Morgan fingerprint density at radius 2 is 2.12 bits per heavy atom. The Kier molecular flexibility index (Phi) is 3.38. The summed E-state index contributed by atoms with van der Waals surface area (Å²) >= 11 is 0.476. The molecule has 1 aromatic rings. The van der Waals surface area contributed by atoms with Crippen molar-refractivity contribution in [1.29, 1.82) is 0 Å². The molecule has 0 aromatic carbocycles. The van der Waals surface area contributed by atoms with Crippen molar-refractivity contribution < 1.29 is 0 Å². The number of rotatable bonds is 2. The SMILES string of the molecule is C[As]C1CCN(c2nc(N)nc(C)c2C)C1. The van der Waals surface area contributed by atoms with Crippen molar-refractivity contribution in [3.05, 3.63) is 11.3 Å². The zero-order valence-corrected chi connectivity index (χ0v) is 11.9. The number of aryl methyl sites for hydroxylation is 1. The Hall–Kier alpha value is -0.762. The van der Waals surface area contributed by atoms with Crippen LogP contribution in [-0.4, -0.2) is 38.8 Å². The van der Waals surface area contributed by atoms with E-state index < -0.39 is 0 Å². The fraction of sp³-hybridized carbons (Fsp3) is 0.636. The summed E-state index contributed by atoms with van der Waals surface area (Å²) in [6.07, 6.45) is 1.30. The van der Waals surface area contributed by atoms with Gasteiger partial charge < -0.3 is 0 Å². The molecule has 1 radical (unpaired) electrons. The normalized spacial score (nSPS) is 21.2. The summed E-state index contributed by atoms with van der Waals surface area (Å²) in [6, 6.07) is 0. The van der Waals surface area contributed by atoms with Crippen LogP contribution in [0.3, 0.4) is 0 Å². The molecule has 2 rings (SSSR count). The van der Waals surface area contributed by atoms with Crippen LogP contribution in [0.1, 0.15) is 17.7 Å². The van der Waals surface area contributed by atoms with Gasteiger partial charge in [0.15, 0.2) is 0 Å². The van der Waals surface area contributed by atoms with E-state index in [1.54, 1.807) is 0 Å². The molecule has 4 nitrogen and oxygen atoms in total. The fourth-order valence-electron chi connectivity index (χ4n) is 2.09. The molecule has 1 aromatic heterocycles. The third-order valence-corrected chi connectivity index (χ3v) is 5.63. The Labute approximate surface area is 103 Å². The van der Waals surface area contributed by atoms with E-state index in [1.807, 2.05) is 6.92 Å². The molecular formula is C11H18AsN4. The molecule has 16 heavy (non-hydrogen) atoms. The molecule has 0 aliphatic carbocycles. The van der Waals surface area contributed by atoms with Crippen LogP contribution in [0, 0.1) is 13.8 Å². The third-order valence-electron chi connectivity index (χ3n) is 3.21. The van der Waals surface area contributed by atoms with E-state index in [2.05, 4.69) is 27.5 Å². The van der Waals surface area contributed by atoms with Gasteiger partial charge in [-0.3, -0.25) is 0 Å². The average molecular weight is 281 g/mol. The molecule has 2 N–H and O–H groups in total. The first-order valence-corrected chi connectivity index (χ1v) is 8.52. The molecule has 2 heterocycles. The molecule has 1 aliphatic rings. The van der Waals surface area contributed by atoms with Crippen LogP contribution in [0.2, 0.25) is 10.4 Å². The van der Waals surface area contributed by atoms with Gasteiger partial charge in [0, 0.05) is 0 Å². The minimum absolute atomic E-state index is 0.395. The predicted molar refractivity (Wildman–Crippen MR) is 68.1 cm³/mol. The van der Waals surface area contributed by atoms with Crippen LogP contribution < -0.4 is 10.6 Å². The standard InChI is InChI=1S/C11H18AsN4/c1-7-8(2)14-11(13)15-10(7)16-5-4-9(6-16)12-3/h9H,4-6H2,1-3H3,(H2,13,14,15). The van der Waals surface area contributed by atoms with Gasteiger partial charge in [0.05, 0.1) is 0 Å². The minimum atomic E-state index is 0.395. The van der Waals surface area contributed by atoms with Crippen molar-refractivity contribution in [1.82, 2.24) is 9.97 Å². The van der Waals surface area contributed by atoms with Gasteiger partial charge in [-0.15, -0.1) is 0 Å². The van der Waals surface area contributed by atoms with E-state index >= 15 is 0 Å². The predicted octanol–water partition coefficient (Wildman–Crippen LogP) is 1.43. The Balaban J connectivity index is 2.27.